The molecule has 3 aromatic rings. The lowest BCUT2D eigenvalue weighted by atomic mass is 10.1. The number of aryl methyl sites for hydroxylation is 2. The first-order valence-corrected chi connectivity index (χ1v) is 7.20. The van der Waals surface area contributed by atoms with E-state index in [1.165, 1.54) is 11.3 Å². The van der Waals surface area contributed by atoms with Crippen LogP contribution >= 0.6 is 11.3 Å². The molecule has 6 nitrogen and oxygen atoms in total. The molecular weight excluding hydrogens is 286 g/mol. The van der Waals surface area contributed by atoms with E-state index < -0.39 is 0 Å². The van der Waals surface area contributed by atoms with Crippen LogP contribution < -0.4 is 5.43 Å². The molecule has 0 aliphatic carbocycles. The summed E-state index contributed by atoms with van der Waals surface area (Å²) in [7, 11) is 0. The van der Waals surface area contributed by atoms with E-state index in [1.807, 2.05) is 36.6 Å². The molecule has 2 heterocycles. The van der Waals surface area contributed by atoms with Crippen LogP contribution in [-0.2, 0) is 0 Å². The van der Waals surface area contributed by atoms with Gasteiger partial charge in [0.05, 0.1) is 11.9 Å². The van der Waals surface area contributed by atoms with E-state index in [0.717, 1.165) is 22.0 Å². The Balaban J connectivity index is 1.74. The van der Waals surface area contributed by atoms with Gasteiger partial charge in [0.25, 0.3) is 5.89 Å². The number of hydrogen-bond donors (Lipinski definition) is 1. The molecule has 0 atom stereocenters. The Labute approximate surface area is 125 Å². The highest BCUT2D eigenvalue weighted by molar-refractivity contribution is 7.13. The molecule has 0 amide bonds. The number of nitrogens with zero attached hydrogens (tertiary/aromatic N) is 4. The maximum Gasteiger partial charge on any atom is 0.257 e. The van der Waals surface area contributed by atoms with Crippen molar-refractivity contribution in [3.05, 3.63) is 46.7 Å². The topological polar surface area (TPSA) is 76.2 Å². The molecule has 3 rings (SSSR count). The van der Waals surface area contributed by atoms with Crippen molar-refractivity contribution < 1.29 is 4.52 Å². The third-order valence-corrected chi connectivity index (χ3v) is 3.52. The molecule has 21 heavy (non-hydrogen) atoms. The SMILES string of the molecule is Cc1csc(NN=Cc2cccc(-c3nc(C)no3)c2)n1. The van der Waals surface area contributed by atoms with Crippen LogP contribution in [0.4, 0.5) is 5.13 Å². The summed E-state index contributed by atoms with van der Waals surface area (Å²) in [6.45, 7) is 3.74. The normalized spacial score (nSPS) is 11.1. The van der Waals surface area contributed by atoms with Gasteiger partial charge < -0.3 is 4.52 Å². The van der Waals surface area contributed by atoms with Gasteiger partial charge in [0.2, 0.25) is 5.13 Å². The van der Waals surface area contributed by atoms with E-state index in [2.05, 4.69) is 25.7 Å². The van der Waals surface area contributed by atoms with Gasteiger partial charge in [-0.15, -0.1) is 11.3 Å². The fourth-order valence-corrected chi connectivity index (χ4v) is 2.37. The van der Waals surface area contributed by atoms with Gasteiger partial charge in [-0.2, -0.15) is 10.1 Å². The molecule has 0 aliphatic heterocycles. The van der Waals surface area contributed by atoms with Crippen LogP contribution in [-0.4, -0.2) is 21.3 Å². The number of thiazole rings is 1. The highest BCUT2D eigenvalue weighted by Gasteiger charge is 2.05. The lowest BCUT2D eigenvalue weighted by molar-refractivity contribution is 0.425. The van der Waals surface area contributed by atoms with Gasteiger partial charge >= 0.3 is 0 Å². The fraction of sp³-hybridized carbons (Fsp3) is 0.143. The van der Waals surface area contributed by atoms with Crippen molar-refractivity contribution in [1.82, 2.24) is 15.1 Å². The highest BCUT2D eigenvalue weighted by atomic mass is 32.1. The minimum atomic E-state index is 0.506. The summed E-state index contributed by atoms with van der Waals surface area (Å²) >= 11 is 1.52. The molecule has 1 aromatic carbocycles. The van der Waals surface area contributed by atoms with Crippen LogP contribution in [0.2, 0.25) is 0 Å². The second kappa shape index (κ2) is 5.84. The van der Waals surface area contributed by atoms with Gasteiger partial charge in [-0.25, -0.2) is 4.98 Å². The molecule has 0 spiro atoms. The lowest BCUT2D eigenvalue weighted by Gasteiger charge is -1.97. The molecule has 0 unspecified atom stereocenters. The Morgan fingerprint density at radius 1 is 1.29 bits per heavy atom. The highest BCUT2D eigenvalue weighted by Crippen LogP contribution is 2.18. The fourth-order valence-electron chi connectivity index (χ4n) is 1.73. The third-order valence-electron chi connectivity index (χ3n) is 2.65. The maximum absolute atomic E-state index is 5.15. The van der Waals surface area contributed by atoms with E-state index in [4.69, 9.17) is 4.52 Å². The zero-order chi connectivity index (χ0) is 14.7. The van der Waals surface area contributed by atoms with Gasteiger partial charge in [0.1, 0.15) is 0 Å². The molecule has 0 saturated carbocycles. The predicted molar refractivity (Wildman–Crippen MR) is 82.5 cm³/mol. The minimum absolute atomic E-state index is 0.506. The van der Waals surface area contributed by atoms with E-state index in [-0.39, 0.29) is 0 Å². The average Bonchev–Trinajstić information content (AvgIpc) is 3.08. The van der Waals surface area contributed by atoms with Crippen molar-refractivity contribution in [2.45, 2.75) is 13.8 Å². The molecule has 0 bridgehead atoms. The molecule has 1 N–H and O–H groups in total. The van der Waals surface area contributed by atoms with Crippen LogP contribution in [0.15, 0.2) is 39.3 Å². The number of nitrogens with one attached hydrogen (secondary N) is 1. The zero-order valence-corrected chi connectivity index (χ0v) is 12.4. The van der Waals surface area contributed by atoms with Gasteiger partial charge in [-0.1, -0.05) is 17.3 Å². The number of hydrazone groups is 1. The predicted octanol–water partition coefficient (Wildman–Crippen LogP) is 3.26. The molecule has 0 saturated heterocycles. The Morgan fingerprint density at radius 3 is 2.90 bits per heavy atom. The van der Waals surface area contributed by atoms with Crippen LogP contribution in [0.25, 0.3) is 11.5 Å². The van der Waals surface area contributed by atoms with Crippen molar-refractivity contribution in [3.8, 4) is 11.5 Å². The lowest BCUT2D eigenvalue weighted by Crippen LogP contribution is -1.90. The minimum Gasteiger partial charge on any atom is -0.334 e. The summed E-state index contributed by atoms with van der Waals surface area (Å²) in [6, 6.07) is 7.72. The maximum atomic E-state index is 5.15. The van der Waals surface area contributed by atoms with Crippen molar-refractivity contribution in [2.75, 3.05) is 5.43 Å². The standard InChI is InChI=1S/C14H13N5OS/c1-9-8-21-14(16-9)18-15-7-11-4-3-5-12(6-11)13-17-10(2)19-20-13/h3-8H,1-2H3,(H,16,18). The summed E-state index contributed by atoms with van der Waals surface area (Å²) in [4.78, 5) is 8.48. The second-order valence-electron chi connectivity index (χ2n) is 4.44. The van der Waals surface area contributed by atoms with Gasteiger partial charge in [-0.3, -0.25) is 5.43 Å². The Hall–Kier alpha value is -2.54. The average molecular weight is 299 g/mol. The first-order chi connectivity index (χ1) is 10.2. The second-order valence-corrected chi connectivity index (χ2v) is 5.29. The summed E-state index contributed by atoms with van der Waals surface area (Å²) < 4.78 is 5.15. The van der Waals surface area contributed by atoms with Gasteiger partial charge in [0.15, 0.2) is 5.82 Å². The zero-order valence-electron chi connectivity index (χ0n) is 11.6. The summed E-state index contributed by atoms with van der Waals surface area (Å²) in [5.41, 5.74) is 5.68. The molecule has 0 aliphatic rings. The smallest absolute Gasteiger partial charge is 0.257 e. The quantitative estimate of drug-likeness (QED) is 0.591. The summed E-state index contributed by atoms with van der Waals surface area (Å²) in [6.07, 6.45) is 1.73. The monoisotopic (exact) mass is 299 g/mol. The number of benzene rings is 1. The summed E-state index contributed by atoms with van der Waals surface area (Å²) in [5, 5.41) is 10.7. The largest absolute Gasteiger partial charge is 0.334 e. The van der Waals surface area contributed by atoms with Crippen LogP contribution in [0.3, 0.4) is 0 Å². The molecule has 2 aromatic heterocycles. The van der Waals surface area contributed by atoms with Gasteiger partial charge in [0, 0.05) is 10.9 Å². The summed E-state index contributed by atoms with van der Waals surface area (Å²) in [5.74, 6) is 1.12. The number of aromatic nitrogens is 3. The number of anilines is 1. The van der Waals surface area contributed by atoms with Crippen LogP contribution in [0, 0.1) is 13.8 Å². The van der Waals surface area contributed by atoms with Crippen LogP contribution in [0.1, 0.15) is 17.1 Å². The molecular formula is C14H13N5OS. The molecule has 106 valence electrons. The Bertz CT molecular complexity index is 777. The molecule has 0 fully saturated rings. The van der Waals surface area contributed by atoms with E-state index in [0.29, 0.717) is 11.7 Å². The Kier molecular flexibility index (Phi) is 3.74. The number of hydrogen-bond acceptors (Lipinski definition) is 7. The first-order valence-electron chi connectivity index (χ1n) is 6.33. The van der Waals surface area contributed by atoms with Crippen molar-refractivity contribution in [1.29, 1.82) is 0 Å². The van der Waals surface area contributed by atoms with Crippen molar-refractivity contribution >= 4 is 22.7 Å². The van der Waals surface area contributed by atoms with E-state index >= 15 is 0 Å². The molecule has 7 heteroatoms. The van der Waals surface area contributed by atoms with Crippen molar-refractivity contribution in [3.63, 3.8) is 0 Å². The number of rotatable bonds is 4. The Morgan fingerprint density at radius 2 is 2.19 bits per heavy atom. The third kappa shape index (κ3) is 3.32. The first kappa shape index (κ1) is 13.4. The van der Waals surface area contributed by atoms with Crippen LogP contribution in [0.5, 0.6) is 0 Å². The van der Waals surface area contributed by atoms with Gasteiger partial charge in [-0.05, 0) is 31.5 Å². The van der Waals surface area contributed by atoms with Crippen molar-refractivity contribution in [2.24, 2.45) is 5.10 Å². The van der Waals surface area contributed by atoms with E-state index in [1.54, 1.807) is 13.1 Å². The van der Waals surface area contributed by atoms with E-state index in [9.17, 15) is 0 Å². The molecule has 0 radical (unpaired) electrons.